The molecule has 3 rings (SSSR count). The van der Waals surface area contributed by atoms with Gasteiger partial charge in [-0.2, -0.15) is 0 Å². The standard InChI is InChI=1S/C14H11NO5/c1-18-8-2-3-9-11(5-8)19-6-7-4-10(13(15)16)14(17)20-12(7)9/h2-5H,6H2,1H3,(H2,15,16). The summed E-state index contributed by atoms with van der Waals surface area (Å²) in [4.78, 5) is 22.9. The number of carbonyl (C=O) groups excluding carboxylic acids is 1. The van der Waals surface area contributed by atoms with Gasteiger partial charge < -0.3 is 19.6 Å². The molecule has 0 saturated carbocycles. The van der Waals surface area contributed by atoms with Crippen molar-refractivity contribution in [2.45, 2.75) is 6.61 Å². The lowest BCUT2D eigenvalue weighted by atomic mass is 10.0. The fraction of sp³-hybridized carbons (Fsp3) is 0.143. The molecule has 102 valence electrons. The molecule has 1 aromatic heterocycles. The van der Waals surface area contributed by atoms with Crippen molar-refractivity contribution in [3.8, 4) is 22.8 Å². The van der Waals surface area contributed by atoms with Crippen LogP contribution in [0.25, 0.3) is 11.3 Å². The van der Waals surface area contributed by atoms with E-state index >= 15 is 0 Å². The number of rotatable bonds is 2. The maximum Gasteiger partial charge on any atom is 0.349 e. The van der Waals surface area contributed by atoms with Gasteiger partial charge in [0.25, 0.3) is 5.91 Å². The van der Waals surface area contributed by atoms with Crippen molar-refractivity contribution in [2.75, 3.05) is 7.11 Å². The number of carbonyl (C=O) groups is 1. The Bertz CT molecular complexity index is 763. The van der Waals surface area contributed by atoms with Gasteiger partial charge in [0.05, 0.1) is 12.7 Å². The second-order valence-corrected chi connectivity index (χ2v) is 4.32. The van der Waals surface area contributed by atoms with E-state index in [1.54, 1.807) is 25.3 Å². The minimum absolute atomic E-state index is 0.177. The highest BCUT2D eigenvalue weighted by Crippen LogP contribution is 2.39. The molecule has 1 aliphatic rings. The fourth-order valence-electron chi connectivity index (χ4n) is 2.11. The molecule has 6 heteroatoms. The van der Waals surface area contributed by atoms with E-state index in [1.807, 2.05) is 0 Å². The summed E-state index contributed by atoms with van der Waals surface area (Å²) in [6.07, 6.45) is 0. The van der Waals surface area contributed by atoms with Crippen LogP contribution in [0.1, 0.15) is 15.9 Å². The molecule has 20 heavy (non-hydrogen) atoms. The van der Waals surface area contributed by atoms with E-state index in [1.165, 1.54) is 6.07 Å². The summed E-state index contributed by atoms with van der Waals surface area (Å²) in [5.74, 6) is 0.779. The molecule has 0 unspecified atom stereocenters. The van der Waals surface area contributed by atoms with Crippen LogP contribution in [0.15, 0.2) is 33.5 Å². The van der Waals surface area contributed by atoms with Crippen LogP contribution in [0, 0.1) is 0 Å². The topological polar surface area (TPSA) is 91.8 Å². The average Bonchev–Trinajstić information content (AvgIpc) is 2.45. The van der Waals surface area contributed by atoms with E-state index in [0.717, 1.165) is 0 Å². The summed E-state index contributed by atoms with van der Waals surface area (Å²) in [7, 11) is 1.55. The lowest BCUT2D eigenvalue weighted by Crippen LogP contribution is -2.22. The van der Waals surface area contributed by atoms with E-state index in [4.69, 9.17) is 19.6 Å². The Morgan fingerprint density at radius 1 is 1.35 bits per heavy atom. The summed E-state index contributed by atoms with van der Waals surface area (Å²) in [5, 5.41) is 0. The van der Waals surface area contributed by atoms with Gasteiger partial charge in [-0.1, -0.05) is 0 Å². The van der Waals surface area contributed by atoms with Crippen molar-refractivity contribution in [1.29, 1.82) is 0 Å². The number of methoxy groups -OCH3 is 1. The first-order valence-corrected chi connectivity index (χ1v) is 5.88. The number of hydrogen-bond donors (Lipinski definition) is 1. The van der Waals surface area contributed by atoms with Crippen molar-refractivity contribution in [1.82, 2.24) is 0 Å². The molecule has 0 fully saturated rings. The van der Waals surface area contributed by atoms with Crippen LogP contribution < -0.4 is 20.8 Å². The lowest BCUT2D eigenvalue weighted by Gasteiger charge is -2.19. The van der Waals surface area contributed by atoms with E-state index in [9.17, 15) is 9.59 Å². The molecule has 0 atom stereocenters. The highest BCUT2D eigenvalue weighted by atomic mass is 16.5. The SMILES string of the molecule is COc1ccc2c(c1)OCc1cc(C(N)=O)c(=O)oc1-2. The molecule has 0 aliphatic carbocycles. The van der Waals surface area contributed by atoms with Gasteiger partial charge in [0.1, 0.15) is 29.4 Å². The van der Waals surface area contributed by atoms with Crippen LogP contribution in [-0.2, 0) is 6.61 Å². The van der Waals surface area contributed by atoms with E-state index in [0.29, 0.717) is 28.4 Å². The average molecular weight is 273 g/mol. The number of hydrogen-bond acceptors (Lipinski definition) is 5. The third-order valence-electron chi connectivity index (χ3n) is 3.11. The van der Waals surface area contributed by atoms with Crippen molar-refractivity contribution in [2.24, 2.45) is 5.73 Å². The molecule has 2 heterocycles. The summed E-state index contributed by atoms with van der Waals surface area (Å²) < 4.78 is 15.9. The van der Waals surface area contributed by atoms with Gasteiger partial charge in [0.15, 0.2) is 0 Å². The zero-order valence-electron chi connectivity index (χ0n) is 10.6. The van der Waals surface area contributed by atoms with E-state index in [-0.39, 0.29) is 12.2 Å². The summed E-state index contributed by atoms with van der Waals surface area (Å²) in [6.45, 7) is 0.194. The third kappa shape index (κ3) is 1.82. The van der Waals surface area contributed by atoms with Crippen molar-refractivity contribution >= 4 is 5.91 Å². The van der Waals surface area contributed by atoms with Gasteiger partial charge in [0.2, 0.25) is 0 Å². The van der Waals surface area contributed by atoms with Crippen LogP contribution in [0.2, 0.25) is 0 Å². The number of ether oxygens (including phenoxy) is 2. The molecule has 0 saturated heterocycles. The minimum atomic E-state index is -0.818. The molecular formula is C14H11NO5. The zero-order valence-corrected chi connectivity index (χ0v) is 10.6. The van der Waals surface area contributed by atoms with Gasteiger partial charge in [0, 0.05) is 11.6 Å². The molecule has 0 radical (unpaired) electrons. The molecule has 1 amide bonds. The summed E-state index contributed by atoms with van der Waals surface area (Å²) in [5.41, 5.74) is 5.44. The number of fused-ring (bicyclic) bond motifs is 3. The minimum Gasteiger partial charge on any atom is -0.497 e. The second kappa shape index (κ2) is 4.41. The predicted molar refractivity (Wildman–Crippen MR) is 69.8 cm³/mol. The van der Waals surface area contributed by atoms with Gasteiger partial charge in [-0.05, 0) is 18.2 Å². The van der Waals surface area contributed by atoms with Crippen molar-refractivity contribution in [3.63, 3.8) is 0 Å². The second-order valence-electron chi connectivity index (χ2n) is 4.32. The van der Waals surface area contributed by atoms with Gasteiger partial charge in [-0.3, -0.25) is 4.79 Å². The van der Waals surface area contributed by atoms with Crippen LogP contribution in [0.5, 0.6) is 11.5 Å². The lowest BCUT2D eigenvalue weighted by molar-refractivity contribution is 0.0996. The third-order valence-corrected chi connectivity index (χ3v) is 3.11. The Morgan fingerprint density at radius 2 is 2.15 bits per heavy atom. The van der Waals surface area contributed by atoms with E-state index < -0.39 is 11.5 Å². The molecule has 2 aromatic rings. The van der Waals surface area contributed by atoms with E-state index in [2.05, 4.69) is 0 Å². The van der Waals surface area contributed by atoms with Crippen molar-refractivity contribution < 1.29 is 18.7 Å². The normalized spacial score (nSPS) is 12.1. The molecular weight excluding hydrogens is 262 g/mol. The molecule has 0 spiro atoms. The Labute approximate surface area is 113 Å². The first-order valence-electron chi connectivity index (χ1n) is 5.88. The molecule has 1 aromatic carbocycles. The number of nitrogens with two attached hydrogens (primary N) is 1. The first kappa shape index (κ1) is 12.3. The monoisotopic (exact) mass is 273 g/mol. The van der Waals surface area contributed by atoms with Gasteiger partial charge >= 0.3 is 5.63 Å². The molecule has 2 N–H and O–H groups in total. The van der Waals surface area contributed by atoms with Crippen LogP contribution >= 0.6 is 0 Å². The highest BCUT2D eigenvalue weighted by Gasteiger charge is 2.23. The number of amides is 1. The number of primary amides is 1. The maximum atomic E-state index is 11.7. The maximum absolute atomic E-state index is 11.7. The smallest absolute Gasteiger partial charge is 0.349 e. The zero-order chi connectivity index (χ0) is 14.3. The van der Waals surface area contributed by atoms with Crippen molar-refractivity contribution in [3.05, 3.63) is 45.8 Å². The quantitative estimate of drug-likeness (QED) is 0.890. The largest absolute Gasteiger partial charge is 0.497 e. The highest BCUT2D eigenvalue weighted by molar-refractivity contribution is 5.92. The Hall–Kier alpha value is -2.76. The summed E-state index contributed by atoms with van der Waals surface area (Å²) >= 11 is 0. The molecule has 6 nitrogen and oxygen atoms in total. The molecule has 0 bridgehead atoms. The van der Waals surface area contributed by atoms with Crippen LogP contribution in [0.3, 0.4) is 0 Å². The van der Waals surface area contributed by atoms with Gasteiger partial charge in [-0.25, -0.2) is 4.79 Å². The van der Waals surface area contributed by atoms with Gasteiger partial charge in [-0.15, -0.1) is 0 Å². The Morgan fingerprint density at radius 3 is 2.85 bits per heavy atom. The fourth-order valence-corrected chi connectivity index (χ4v) is 2.11. The predicted octanol–water partition coefficient (Wildman–Crippen LogP) is 1.31. The Balaban J connectivity index is 2.20. The number of benzene rings is 1. The van der Waals surface area contributed by atoms with Crippen LogP contribution in [0.4, 0.5) is 0 Å². The first-order chi connectivity index (χ1) is 9.60. The van der Waals surface area contributed by atoms with Crippen LogP contribution in [-0.4, -0.2) is 13.0 Å². The summed E-state index contributed by atoms with van der Waals surface area (Å²) in [6, 6.07) is 6.59. The Kier molecular flexibility index (Phi) is 2.71. The molecule has 1 aliphatic heterocycles.